The zero-order chi connectivity index (χ0) is 16.4. The first-order valence-corrected chi connectivity index (χ1v) is 8.14. The lowest BCUT2D eigenvalue weighted by Crippen LogP contribution is -2.63. The van der Waals surface area contributed by atoms with E-state index >= 15 is 0 Å². The largest absolute Gasteiger partial charge is 0.764 e. The van der Waals surface area contributed by atoms with E-state index in [1.807, 2.05) is 6.92 Å². The first-order valence-electron chi connectivity index (χ1n) is 6.51. The average molecular weight is 329 g/mol. The van der Waals surface area contributed by atoms with Gasteiger partial charge < -0.3 is 21.6 Å². The molecule has 0 aromatic rings. The monoisotopic (exact) mass is 329 g/mol. The molecule has 2 atom stereocenters. The maximum absolute atomic E-state index is 6.07. The van der Waals surface area contributed by atoms with Crippen molar-refractivity contribution < 1.29 is 32.8 Å². The van der Waals surface area contributed by atoms with Crippen molar-refractivity contribution in [3.8, 4) is 0 Å². The molecule has 0 bridgehead atoms. The molecule has 0 saturated carbocycles. The normalized spacial score (nSPS) is 16.7. The second kappa shape index (κ2) is 10.5. The van der Waals surface area contributed by atoms with Gasteiger partial charge in [0.2, 0.25) is 0 Å². The summed E-state index contributed by atoms with van der Waals surface area (Å²) in [6, 6.07) is -0.528. The van der Waals surface area contributed by atoms with Crippen LogP contribution in [0.5, 0.6) is 0 Å². The summed E-state index contributed by atoms with van der Waals surface area (Å²) in [5.74, 6) is 0. The van der Waals surface area contributed by atoms with Crippen LogP contribution < -0.4 is 17.2 Å². The Balaban J connectivity index is 5.43. The second-order valence-electron chi connectivity index (χ2n) is 4.15. The lowest BCUT2D eigenvalue weighted by atomic mass is 9.88. The third-order valence-electron chi connectivity index (χ3n) is 2.98. The predicted molar refractivity (Wildman–Crippen MR) is 74.8 cm³/mol. The molecule has 0 saturated heterocycles. The molecule has 6 N–H and O–H groups in total. The van der Waals surface area contributed by atoms with Crippen molar-refractivity contribution in [1.29, 1.82) is 0 Å². The van der Waals surface area contributed by atoms with E-state index in [4.69, 9.17) is 35.4 Å². The molecule has 21 heavy (non-hydrogen) atoms. The summed E-state index contributed by atoms with van der Waals surface area (Å²) < 4.78 is 20.9. The predicted octanol–water partition coefficient (Wildman–Crippen LogP) is -1.04. The van der Waals surface area contributed by atoms with Crippen LogP contribution in [0.15, 0.2) is 0 Å². The third-order valence-corrected chi connectivity index (χ3v) is 4.75. The fraction of sp³-hybridized carbons (Fsp3) is 1.00. The van der Waals surface area contributed by atoms with Gasteiger partial charge in [-0.05, 0) is 19.4 Å². The zero-order valence-corrected chi connectivity index (χ0v) is 14.0. The van der Waals surface area contributed by atoms with E-state index in [2.05, 4.69) is 14.7 Å². The van der Waals surface area contributed by atoms with Crippen LogP contribution >= 0.6 is 0 Å². The molecule has 10 nitrogen and oxygen atoms in total. The van der Waals surface area contributed by atoms with Crippen LogP contribution in [0, 0.1) is 0 Å². The van der Waals surface area contributed by atoms with Gasteiger partial charge in [-0.3, -0.25) is 0 Å². The van der Waals surface area contributed by atoms with Gasteiger partial charge in [0.25, 0.3) is 0 Å². The van der Waals surface area contributed by atoms with E-state index < -0.39 is 20.7 Å². The number of hydrogen-bond acceptors (Lipinski definition) is 10. The molecule has 128 valence electrons. The molecule has 0 aromatic heterocycles. The van der Waals surface area contributed by atoms with Gasteiger partial charge in [0.15, 0.2) is 0 Å². The zero-order valence-electron chi connectivity index (χ0n) is 13.0. The molecule has 0 spiro atoms. The highest BCUT2D eigenvalue weighted by Crippen LogP contribution is 2.30. The minimum Gasteiger partial charge on any atom is -0.340 e. The van der Waals surface area contributed by atoms with Crippen molar-refractivity contribution in [3.05, 3.63) is 0 Å². The summed E-state index contributed by atoms with van der Waals surface area (Å²) >= 11 is 0. The fourth-order valence-electron chi connectivity index (χ4n) is 1.93. The molecule has 0 aliphatic heterocycles. The molecular weight excluding hydrogens is 302 g/mol. The van der Waals surface area contributed by atoms with E-state index in [1.54, 1.807) is 0 Å². The second-order valence-corrected chi connectivity index (χ2v) is 5.86. The highest BCUT2D eigenvalue weighted by molar-refractivity contribution is 6.52. The Morgan fingerprint density at radius 1 is 1.00 bits per heavy atom. The molecular formula is C10H27N3O7Si. The van der Waals surface area contributed by atoms with Gasteiger partial charge in [0, 0.05) is 12.6 Å². The van der Waals surface area contributed by atoms with Crippen LogP contribution in [0.25, 0.3) is 0 Å². The Labute approximate surface area is 126 Å². The Morgan fingerprint density at radius 2 is 1.48 bits per heavy atom. The van der Waals surface area contributed by atoms with Crippen molar-refractivity contribution >= 4 is 9.05 Å². The summed E-state index contributed by atoms with van der Waals surface area (Å²) in [5, 5.41) is 0. The molecule has 0 amide bonds. The van der Waals surface area contributed by atoms with Crippen LogP contribution in [0.4, 0.5) is 0 Å². The molecule has 0 fully saturated rings. The lowest BCUT2D eigenvalue weighted by Gasteiger charge is -2.41. The van der Waals surface area contributed by atoms with Crippen molar-refractivity contribution in [2.75, 3.05) is 34.4 Å². The van der Waals surface area contributed by atoms with Crippen LogP contribution in [-0.2, 0) is 32.8 Å². The molecule has 0 heterocycles. The molecule has 2 unspecified atom stereocenters. The first-order chi connectivity index (χ1) is 9.99. The third kappa shape index (κ3) is 5.84. The SMILES string of the molecule is CCC(CCN)(O[Si](OOC)(OOC)OOC)C(N)CN. The van der Waals surface area contributed by atoms with Gasteiger partial charge in [-0.1, -0.05) is 6.92 Å². The molecule has 0 aliphatic rings. The minimum atomic E-state index is -3.93. The Hall–Kier alpha value is -0.183. The summed E-state index contributed by atoms with van der Waals surface area (Å²) in [6.45, 7) is 2.36. The van der Waals surface area contributed by atoms with Crippen molar-refractivity contribution in [2.45, 2.75) is 31.4 Å². The Bertz CT molecular complexity index is 260. The van der Waals surface area contributed by atoms with Gasteiger partial charge in [-0.25, -0.2) is 14.7 Å². The summed E-state index contributed by atoms with van der Waals surface area (Å²) in [4.78, 5) is 13.9. The molecule has 0 rings (SSSR count). The van der Waals surface area contributed by atoms with Gasteiger partial charge in [-0.2, -0.15) is 13.7 Å². The molecule has 0 aliphatic carbocycles. The summed E-state index contributed by atoms with van der Waals surface area (Å²) in [5.41, 5.74) is 16.4. The first kappa shape index (κ1) is 20.8. The maximum Gasteiger partial charge on any atom is 0.764 e. The number of nitrogens with two attached hydrogens (primary N) is 3. The van der Waals surface area contributed by atoms with E-state index in [0.29, 0.717) is 19.4 Å². The molecule has 0 radical (unpaired) electrons. The van der Waals surface area contributed by atoms with Gasteiger partial charge in [0.1, 0.15) is 0 Å². The Kier molecular flexibility index (Phi) is 10.4. The Morgan fingerprint density at radius 3 is 1.76 bits per heavy atom. The maximum atomic E-state index is 6.07. The molecule has 11 heteroatoms. The van der Waals surface area contributed by atoms with Gasteiger partial charge >= 0.3 is 9.05 Å². The van der Waals surface area contributed by atoms with E-state index in [1.165, 1.54) is 21.3 Å². The van der Waals surface area contributed by atoms with E-state index in [9.17, 15) is 0 Å². The quantitative estimate of drug-likeness (QED) is 0.218. The van der Waals surface area contributed by atoms with Crippen molar-refractivity contribution in [2.24, 2.45) is 17.2 Å². The fourth-order valence-corrected chi connectivity index (χ4v) is 3.62. The van der Waals surface area contributed by atoms with Crippen molar-refractivity contribution in [1.82, 2.24) is 0 Å². The molecule has 0 aromatic carbocycles. The van der Waals surface area contributed by atoms with Gasteiger partial charge in [0.05, 0.1) is 26.9 Å². The standard InChI is InChI=1S/C10H27N3O7Si/c1-5-10(6-7-11,9(13)8-12)17-21(18-14-2,19-15-3)20-16-4/h9H,5-8,11-13H2,1-4H3. The van der Waals surface area contributed by atoms with E-state index in [0.717, 1.165) is 0 Å². The lowest BCUT2D eigenvalue weighted by molar-refractivity contribution is -0.379. The topological polar surface area (TPSA) is 143 Å². The highest BCUT2D eigenvalue weighted by Gasteiger charge is 2.58. The van der Waals surface area contributed by atoms with Crippen LogP contribution in [0.3, 0.4) is 0 Å². The van der Waals surface area contributed by atoms with Crippen molar-refractivity contribution in [3.63, 3.8) is 0 Å². The van der Waals surface area contributed by atoms with Crippen LogP contribution in [0.2, 0.25) is 0 Å². The van der Waals surface area contributed by atoms with Crippen LogP contribution in [0.1, 0.15) is 19.8 Å². The average Bonchev–Trinajstić information content (AvgIpc) is 2.46. The number of rotatable bonds is 13. The smallest absolute Gasteiger partial charge is 0.340 e. The van der Waals surface area contributed by atoms with Crippen LogP contribution in [-0.4, -0.2) is 55.1 Å². The number of hydrogen-bond donors (Lipinski definition) is 3. The minimum absolute atomic E-state index is 0.172. The highest BCUT2D eigenvalue weighted by atomic mass is 28.4. The summed E-state index contributed by atoms with van der Waals surface area (Å²) in [7, 11) is -0.127. The van der Waals surface area contributed by atoms with Gasteiger partial charge in [-0.15, -0.1) is 0 Å². The van der Waals surface area contributed by atoms with E-state index in [-0.39, 0.29) is 6.54 Å². The summed E-state index contributed by atoms with van der Waals surface area (Å²) in [6.07, 6.45) is 0.897.